The largest absolute Gasteiger partial charge is 0.480 e. The molecular formula is C11H17N5O4. The van der Waals surface area contributed by atoms with Gasteiger partial charge in [-0.05, 0) is 13.3 Å². The van der Waals surface area contributed by atoms with E-state index in [-0.39, 0.29) is 12.8 Å². The topological polar surface area (TPSA) is 139 Å². The Hall–Kier alpha value is -2.58. The number of nitrogens with zero attached hydrogens (tertiary/aromatic N) is 2. The third-order valence-electron chi connectivity index (χ3n) is 2.50. The predicted molar refractivity (Wildman–Crippen MR) is 69.9 cm³/mol. The second kappa shape index (κ2) is 7.12. The molecule has 1 heterocycles. The average Bonchev–Trinajstić information content (AvgIpc) is 2.81. The summed E-state index contributed by atoms with van der Waals surface area (Å²) in [4.78, 5) is 33.2. The Morgan fingerprint density at radius 3 is 2.70 bits per heavy atom. The molecule has 0 aromatic carbocycles. The van der Waals surface area contributed by atoms with Crippen LogP contribution in [-0.4, -0.2) is 38.8 Å². The van der Waals surface area contributed by atoms with Crippen LogP contribution in [0, 0.1) is 0 Å². The fourth-order valence-corrected chi connectivity index (χ4v) is 1.47. The standard InChI is InChI=1S/C11H17N5O4/c1-2-16-6-7(5-13-16)14-11(20)15-8(10(18)19)3-4-9(12)17/h5-6,8H,2-4H2,1H3,(H2,12,17)(H,18,19)(H2,14,15,20)/t8-/m1/s1. The zero-order valence-corrected chi connectivity index (χ0v) is 11.0. The molecule has 0 spiro atoms. The lowest BCUT2D eigenvalue weighted by Crippen LogP contribution is -2.43. The van der Waals surface area contributed by atoms with Crippen LogP contribution < -0.4 is 16.4 Å². The molecule has 0 aliphatic rings. The van der Waals surface area contributed by atoms with Gasteiger partial charge < -0.3 is 21.5 Å². The Morgan fingerprint density at radius 1 is 1.50 bits per heavy atom. The van der Waals surface area contributed by atoms with Crippen molar-refractivity contribution in [1.82, 2.24) is 15.1 Å². The third-order valence-corrected chi connectivity index (χ3v) is 2.50. The Labute approximate surface area is 115 Å². The van der Waals surface area contributed by atoms with Crippen LogP contribution >= 0.6 is 0 Å². The van der Waals surface area contributed by atoms with Crippen LogP contribution in [0.15, 0.2) is 12.4 Å². The fraction of sp³-hybridized carbons (Fsp3) is 0.455. The molecule has 1 aromatic heterocycles. The number of hydrogen-bond donors (Lipinski definition) is 4. The number of carbonyl (C=O) groups is 3. The minimum absolute atomic E-state index is 0.0632. The molecule has 3 amide bonds. The van der Waals surface area contributed by atoms with Crippen molar-refractivity contribution >= 4 is 23.6 Å². The number of carboxylic acids is 1. The van der Waals surface area contributed by atoms with Crippen LogP contribution in [-0.2, 0) is 16.1 Å². The van der Waals surface area contributed by atoms with Crippen molar-refractivity contribution in [3.8, 4) is 0 Å². The van der Waals surface area contributed by atoms with E-state index in [2.05, 4.69) is 15.7 Å². The van der Waals surface area contributed by atoms with Gasteiger partial charge in [-0.2, -0.15) is 5.10 Å². The van der Waals surface area contributed by atoms with Gasteiger partial charge in [-0.1, -0.05) is 0 Å². The smallest absolute Gasteiger partial charge is 0.326 e. The van der Waals surface area contributed by atoms with Crippen molar-refractivity contribution in [2.75, 3.05) is 5.32 Å². The van der Waals surface area contributed by atoms with Crippen molar-refractivity contribution in [1.29, 1.82) is 0 Å². The summed E-state index contributed by atoms with van der Waals surface area (Å²) in [5.74, 6) is -1.85. The molecule has 0 aliphatic heterocycles. The SMILES string of the molecule is CCn1cc(NC(=O)N[C@H](CCC(N)=O)C(=O)O)cn1. The molecule has 20 heavy (non-hydrogen) atoms. The van der Waals surface area contributed by atoms with Crippen molar-refractivity contribution in [2.24, 2.45) is 5.73 Å². The number of rotatable bonds is 7. The number of nitrogens with two attached hydrogens (primary N) is 1. The van der Waals surface area contributed by atoms with Crippen molar-refractivity contribution in [3.05, 3.63) is 12.4 Å². The zero-order valence-electron chi connectivity index (χ0n) is 11.0. The lowest BCUT2D eigenvalue weighted by Gasteiger charge is -2.13. The van der Waals surface area contributed by atoms with Gasteiger partial charge in [0.1, 0.15) is 6.04 Å². The number of aryl methyl sites for hydroxylation is 1. The van der Waals surface area contributed by atoms with Crippen LogP contribution in [0.3, 0.4) is 0 Å². The Bertz CT molecular complexity index is 499. The van der Waals surface area contributed by atoms with E-state index in [1.165, 1.54) is 6.20 Å². The second-order valence-electron chi connectivity index (χ2n) is 4.08. The molecule has 0 fully saturated rings. The van der Waals surface area contributed by atoms with Crippen molar-refractivity contribution in [3.63, 3.8) is 0 Å². The van der Waals surface area contributed by atoms with Gasteiger partial charge in [0.2, 0.25) is 5.91 Å². The summed E-state index contributed by atoms with van der Waals surface area (Å²) in [6, 6.07) is -1.86. The van der Waals surface area contributed by atoms with Gasteiger partial charge in [-0.15, -0.1) is 0 Å². The average molecular weight is 283 g/mol. The number of aromatic nitrogens is 2. The van der Waals surface area contributed by atoms with Gasteiger partial charge in [0, 0.05) is 19.2 Å². The summed E-state index contributed by atoms with van der Waals surface area (Å²) < 4.78 is 1.61. The van der Waals surface area contributed by atoms with Gasteiger partial charge in [0.05, 0.1) is 11.9 Å². The summed E-state index contributed by atoms with van der Waals surface area (Å²) in [5.41, 5.74) is 5.39. The third kappa shape index (κ3) is 4.96. The number of carboxylic acid groups (broad SMARTS) is 1. The minimum Gasteiger partial charge on any atom is -0.480 e. The molecule has 1 atom stereocenters. The molecule has 5 N–H and O–H groups in total. The van der Waals surface area contributed by atoms with E-state index in [9.17, 15) is 14.4 Å². The first-order chi connectivity index (χ1) is 9.42. The Kier molecular flexibility index (Phi) is 5.51. The first-order valence-electron chi connectivity index (χ1n) is 6.03. The second-order valence-corrected chi connectivity index (χ2v) is 4.08. The monoisotopic (exact) mass is 283 g/mol. The van der Waals surface area contributed by atoms with Crippen LogP contribution in [0.1, 0.15) is 19.8 Å². The molecule has 0 saturated heterocycles. The molecule has 9 nitrogen and oxygen atoms in total. The van der Waals surface area contributed by atoms with Gasteiger partial charge in [-0.3, -0.25) is 9.48 Å². The van der Waals surface area contributed by atoms with Crippen LogP contribution in [0.5, 0.6) is 0 Å². The minimum atomic E-state index is -1.23. The number of amides is 3. The zero-order chi connectivity index (χ0) is 15.1. The summed E-state index contributed by atoms with van der Waals surface area (Å²) in [6.45, 7) is 2.54. The summed E-state index contributed by atoms with van der Waals surface area (Å²) in [6.07, 6.45) is 2.87. The molecule has 1 aromatic rings. The van der Waals surface area contributed by atoms with Crippen LogP contribution in [0.4, 0.5) is 10.5 Å². The molecule has 9 heteroatoms. The lowest BCUT2D eigenvalue weighted by atomic mass is 10.1. The Balaban J connectivity index is 2.52. The van der Waals surface area contributed by atoms with E-state index in [1.54, 1.807) is 10.9 Å². The molecule has 0 saturated carbocycles. The number of anilines is 1. The number of primary amides is 1. The highest BCUT2D eigenvalue weighted by Crippen LogP contribution is 2.05. The normalized spacial score (nSPS) is 11.7. The van der Waals surface area contributed by atoms with Crippen LogP contribution in [0.2, 0.25) is 0 Å². The summed E-state index contributed by atoms with van der Waals surface area (Å²) in [7, 11) is 0. The van der Waals surface area contributed by atoms with Gasteiger partial charge in [0.15, 0.2) is 0 Å². The summed E-state index contributed by atoms with van der Waals surface area (Å²) >= 11 is 0. The van der Waals surface area contributed by atoms with Gasteiger partial charge in [0.25, 0.3) is 0 Å². The molecule has 0 unspecified atom stereocenters. The van der Waals surface area contributed by atoms with Gasteiger partial charge >= 0.3 is 12.0 Å². The molecule has 1 rings (SSSR count). The number of carbonyl (C=O) groups excluding carboxylic acids is 2. The quantitative estimate of drug-likeness (QED) is 0.546. The van der Waals surface area contributed by atoms with E-state index in [4.69, 9.17) is 10.8 Å². The highest BCUT2D eigenvalue weighted by Gasteiger charge is 2.20. The number of urea groups is 1. The Morgan fingerprint density at radius 2 is 2.20 bits per heavy atom. The molecule has 110 valence electrons. The van der Waals surface area contributed by atoms with Gasteiger partial charge in [-0.25, -0.2) is 9.59 Å². The fourth-order valence-electron chi connectivity index (χ4n) is 1.47. The van der Waals surface area contributed by atoms with E-state index < -0.39 is 23.9 Å². The van der Waals surface area contributed by atoms with Crippen molar-refractivity contribution in [2.45, 2.75) is 32.4 Å². The maximum atomic E-state index is 11.6. The number of aliphatic carboxylic acids is 1. The predicted octanol–water partition coefficient (Wildman–Crippen LogP) is -0.257. The van der Waals surface area contributed by atoms with Crippen LogP contribution in [0.25, 0.3) is 0 Å². The van der Waals surface area contributed by atoms with Crippen molar-refractivity contribution < 1.29 is 19.5 Å². The number of hydrogen-bond acceptors (Lipinski definition) is 4. The molecule has 0 bridgehead atoms. The number of nitrogens with one attached hydrogen (secondary N) is 2. The molecule has 0 radical (unpaired) electrons. The highest BCUT2D eigenvalue weighted by molar-refractivity contribution is 5.92. The van der Waals surface area contributed by atoms with E-state index >= 15 is 0 Å². The van der Waals surface area contributed by atoms with E-state index in [1.807, 2.05) is 6.92 Å². The summed E-state index contributed by atoms with van der Waals surface area (Å²) in [5, 5.41) is 17.6. The first kappa shape index (κ1) is 15.5. The maximum absolute atomic E-state index is 11.6. The van der Waals surface area contributed by atoms with E-state index in [0.717, 1.165) is 0 Å². The highest BCUT2D eigenvalue weighted by atomic mass is 16.4. The first-order valence-corrected chi connectivity index (χ1v) is 6.03. The molecule has 0 aliphatic carbocycles. The lowest BCUT2D eigenvalue weighted by molar-refractivity contribution is -0.139. The maximum Gasteiger partial charge on any atom is 0.326 e. The molecular weight excluding hydrogens is 266 g/mol. The van der Waals surface area contributed by atoms with E-state index in [0.29, 0.717) is 12.2 Å².